The van der Waals surface area contributed by atoms with Gasteiger partial charge < -0.3 is 19.5 Å². The lowest BCUT2D eigenvalue weighted by molar-refractivity contribution is -0.501. The van der Waals surface area contributed by atoms with Gasteiger partial charge in [-0.15, -0.1) is 0 Å². The number of rotatable bonds is 4. The van der Waals surface area contributed by atoms with E-state index < -0.39 is 24.3 Å². The normalized spacial score (nSPS) is 21.1. The molecule has 30 heavy (non-hydrogen) atoms. The number of hydrogen-bond acceptors (Lipinski definition) is 7. The molecule has 0 atom stereocenters. The third kappa shape index (κ3) is 4.12. The lowest BCUT2D eigenvalue weighted by atomic mass is 9.73. The summed E-state index contributed by atoms with van der Waals surface area (Å²) in [6, 6.07) is 7.04. The van der Waals surface area contributed by atoms with Crippen molar-refractivity contribution in [2.24, 2.45) is 0 Å². The van der Waals surface area contributed by atoms with Gasteiger partial charge in [-0.05, 0) is 51.4 Å². The van der Waals surface area contributed by atoms with E-state index in [1.54, 1.807) is 41.9 Å². The van der Waals surface area contributed by atoms with Crippen LogP contribution in [-0.4, -0.2) is 42.1 Å². The number of aromatic nitrogens is 1. The fourth-order valence-electron chi connectivity index (χ4n) is 3.02. The second-order valence-electron chi connectivity index (χ2n) is 8.00. The van der Waals surface area contributed by atoms with E-state index in [9.17, 15) is 4.79 Å². The second-order valence-corrected chi connectivity index (χ2v) is 8.00. The predicted octanol–water partition coefficient (Wildman–Crippen LogP) is 1.72. The molecule has 1 aliphatic carbocycles. The van der Waals surface area contributed by atoms with Crippen LogP contribution in [0.25, 0.3) is 0 Å². The quantitative estimate of drug-likeness (QED) is 0.579. The maximum Gasteiger partial charge on any atom is 0.494 e. The summed E-state index contributed by atoms with van der Waals surface area (Å²) in [6.07, 6.45) is 4.87. The zero-order chi connectivity index (χ0) is 22.1. The Bertz CT molecular complexity index is 1020. The summed E-state index contributed by atoms with van der Waals surface area (Å²) in [6.45, 7) is 7.76. The molecular weight excluding hydrogens is 383 g/mol. The van der Waals surface area contributed by atoms with Crippen molar-refractivity contribution in [1.82, 2.24) is 4.98 Å². The van der Waals surface area contributed by atoms with E-state index in [1.807, 2.05) is 33.8 Å². The molecule has 0 saturated carbocycles. The van der Waals surface area contributed by atoms with Crippen LogP contribution >= 0.6 is 0 Å². The van der Waals surface area contributed by atoms with Crippen LogP contribution in [0.4, 0.5) is 5.82 Å². The fraction of sp³-hybridized carbons (Fsp3) is 0.333. The summed E-state index contributed by atoms with van der Waals surface area (Å²) >= 11 is 0. The van der Waals surface area contributed by atoms with E-state index in [4.69, 9.17) is 24.7 Å². The zero-order valence-corrected chi connectivity index (χ0v) is 17.6. The number of hydrogen-bond donors (Lipinski definition) is 2. The van der Waals surface area contributed by atoms with Crippen LogP contribution in [0.5, 0.6) is 0 Å². The Kier molecular flexibility index (Phi) is 5.77. The molecule has 0 unspecified atom stereocenters. The van der Waals surface area contributed by atoms with Crippen LogP contribution in [0.3, 0.4) is 0 Å². The Hall–Kier alpha value is -3.06. The van der Waals surface area contributed by atoms with Gasteiger partial charge in [0.2, 0.25) is 5.82 Å². The molecule has 1 saturated heterocycles. The molecule has 2 aliphatic rings. The van der Waals surface area contributed by atoms with Gasteiger partial charge in [-0.3, -0.25) is 5.32 Å². The first-order chi connectivity index (χ1) is 14.1. The Labute approximate surface area is 175 Å². The molecule has 0 aromatic carbocycles. The monoisotopic (exact) mass is 407 g/mol. The van der Waals surface area contributed by atoms with Gasteiger partial charge in [0, 0.05) is 6.07 Å². The van der Waals surface area contributed by atoms with Gasteiger partial charge in [-0.2, -0.15) is 10.2 Å². The minimum absolute atomic E-state index is 0.121. The highest BCUT2D eigenvalue weighted by Gasteiger charge is 2.52. The minimum Gasteiger partial charge on any atom is -0.465 e. The molecule has 2 heterocycles. The molecule has 0 bridgehead atoms. The van der Waals surface area contributed by atoms with E-state index in [0.717, 1.165) is 0 Å². The Morgan fingerprint density at radius 2 is 1.93 bits per heavy atom. The van der Waals surface area contributed by atoms with E-state index >= 15 is 0 Å². The number of methoxy groups -OCH3 is 1. The number of nitrogens with two attached hydrogens (primary N) is 1. The molecule has 0 spiro atoms. The summed E-state index contributed by atoms with van der Waals surface area (Å²) < 4.78 is 17.0. The smallest absolute Gasteiger partial charge is 0.465 e. The number of nitriles is 1. The fourth-order valence-corrected chi connectivity index (χ4v) is 3.02. The number of esters is 1. The first-order valence-corrected chi connectivity index (χ1v) is 9.47. The minimum atomic E-state index is -0.700. The molecule has 1 aliphatic heterocycles. The summed E-state index contributed by atoms with van der Waals surface area (Å²) in [5.74, 6) is -0.0282. The van der Waals surface area contributed by atoms with Crippen LogP contribution in [-0.2, 0) is 18.8 Å². The highest BCUT2D eigenvalue weighted by Crippen LogP contribution is 2.39. The zero-order valence-electron chi connectivity index (χ0n) is 17.6. The first-order valence-electron chi connectivity index (χ1n) is 9.47. The molecule has 1 aromatic rings. The molecule has 0 radical (unpaired) electrons. The van der Waals surface area contributed by atoms with Gasteiger partial charge in [-0.25, -0.2) is 4.79 Å². The van der Waals surface area contributed by atoms with Crippen LogP contribution < -0.4 is 5.32 Å². The number of allylic oxidation sites excluding steroid dienone is 3. The highest BCUT2D eigenvalue weighted by atomic mass is 16.7. The van der Waals surface area contributed by atoms with Crippen LogP contribution in [0.2, 0.25) is 0 Å². The van der Waals surface area contributed by atoms with Gasteiger partial charge in [0.05, 0.1) is 35.2 Å². The SMILES string of the molecule is COC(=O)C1=CC(B2OC(C)(C)C(C)(C)O2)=CC(=N)/C1=C\[NH2+]c1cccc(C#N)n1. The molecule has 9 heteroatoms. The predicted molar refractivity (Wildman–Crippen MR) is 111 cm³/mol. The lowest BCUT2D eigenvalue weighted by Crippen LogP contribution is -2.72. The van der Waals surface area contributed by atoms with E-state index in [0.29, 0.717) is 16.9 Å². The van der Waals surface area contributed by atoms with Gasteiger partial charge in [-0.1, -0.05) is 6.07 Å². The van der Waals surface area contributed by atoms with Crippen LogP contribution in [0, 0.1) is 16.7 Å². The summed E-state index contributed by atoms with van der Waals surface area (Å²) in [4.78, 5) is 16.6. The van der Waals surface area contributed by atoms with Crippen molar-refractivity contribution in [3.63, 3.8) is 0 Å². The van der Waals surface area contributed by atoms with E-state index in [-0.39, 0.29) is 17.0 Å². The van der Waals surface area contributed by atoms with Crippen molar-refractivity contribution in [2.45, 2.75) is 38.9 Å². The largest absolute Gasteiger partial charge is 0.494 e. The number of carbonyl (C=O) groups is 1. The number of nitrogens with one attached hydrogen (secondary N) is 1. The number of pyridine rings is 1. The highest BCUT2D eigenvalue weighted by molar-refractivity contribution is 6.57. The maximum atomic E-state index is 12.4. The van der Waals surface area contributed by atoms with Crippen molar-refractivity contribution in [3.8, 4) is 6.07 Å². The van der Waals surface area contributed by atoms with Gasteiger partial charge in [0.1, 0.15) is 18.0 Å². The van der Waals surface area contributed by atoms with Crippen LogP contribution in [0.15, 0.2) is 53.2 Å². The lowest BCUT2D eigenvalue weighted by Gasteiger charge is -2.32. The topological polar surface area (TPSA) is 122 Å². The average molecular weight is 407 g/mol. The third-order valence-corrected chi connectivity index (χ3v) is 5.44. The molecule has 1 fully saturated rings. The standard InChI is InChI=1S/C21H23BN4O4/c1-20(2)21(3,4)30-22(29-20)13-9-15(19(27)28-5)16(17(24)10-13)12-25-18-8-6-7-14(11-23)26-18/h6-10,12,24H,1-5H3,(H,25,26)/p+1/b16-12-,24-17?. The number of nitrogens with zero attached hydrogens (tertiary/aromatic N) is 2. The summed E-state index contributed by atoms with van der Waals surface area (Å²) in [5.41, 5.74) is 0.500. The third-order valence-electron chi connectivity index (χ3n) is 5.44. The number of carbonyl (C=O) groups excluding carboxylic acids is 1. The van der Waals surface area contributed by atoms with Crippen molar-refractivity contribution in [3.05, 3.63) is 58.9 Å². The Balaban J connectivity index is 1.92. The molecular formula is C21H24BN4O4+. The maximum absolute atomic E-state index is 12.4. The van der Waals surface area contributed by atoms with Gasteiger partial charge in [0.15, 0.2) is 0 Å². The van der Waals surface area contributed by atoms with Gasteiger partial charge >= 0.3 is 13.1 Å². The molecule has 8 nitrogen and oxygen atoms in total. The molecule has 3 N–H and O–H groups in total. The van der Waals surface area contributed by atoms with E-state index in [2.05, 4.69) is 4.98 Å². The van der Waals surface area contributed by atoms with Crippen molar-refractivity contribution >= 4 is 24.6 Å². The van der Waals surface area contributed by atoms with Crippen molar-refractivity contribution < 1.29 is 24.2 Å². The molecule has 0 amide bonds. The number of quaternary nitrogens is 1. The van der Waals surface area contributed by atoms with Gasteiger partial charge in [0.25, 0.3) is 0 Å². The molecule has 3 rings (SSSR count). The van der Waals surface area contributed by atoms with Crippen molar-refractivity contribution in [2.75, 3.05) is 7.11 Å². The van der Waals surface area contributed by atoms with Crippen LogP contribution in [0.1, 0.15) is 33.4 Å². The molecule has 154 valence electrons. The first kappa shape index (κ1) is 21.6. The summed E-state index contributed by atoms with van der Waals surface area (Å²) in [5, 5.41) is 19.1. The Morgan fingerprint density at radius 1 is 1.27 bits per heavy atom. The van der Waals surface area contributed by atoms with Crippen molar-refractivity contribution in [1.29, 1.82) is 10.7 Å². The van der Waals surface area contributed by atoms with E-state index in [1.165, 1.54) is 7.11 Å². The number of ether oxygens (including phenoxy) is 1. The Morgan fingerprint density at radius 3 is 2.53 bits per heavy atom. The molecule has 1 aromatic heterocycles. The second kappa shape index (κ2) is 7.99. The average Bonchev–Trinajstić information content (AvgIpc) is 2.93. The summed E-state index contributed by atoms with van der Waals surface area (Å²) in [7, 11) is 0.591.